The lowest BCUT2D eigenvalue weighted by atomic mass is 10.1. The number of pyridine rings is 1. The average Bonchev–Trinajstić information content (AvgIpc) is 2.94. The van der Waals surface area contributed by atoms with Crippen molar-refractivity contribution in [2.75, 3.05) is 24.9 Å². The highest BCUT2D eigenvalue weighted by atomic mass is 19.1. The van der Waals surface area contributed by atoms with E-state index in [1.165, 1.54) is 30.5 Å². The summed E-state index contributed by atoms with van der Waals surface area (Å²) in [5.74, 6) is 0.485. The molecule has 4 aromatic rings. The van der Waals surface area contributed by atoms with Crippen LogP contribution in [-0.4, -0.2) is 37.1 Å². The molecule has 0 spiro atoms. The fourth-order valence-electron chi connectivity index (χ4n) is 3.68. The number of halogens is 1. The number of nitrogens with one attached hydrogen (secondary N) is 3. The van der Waals surface area contributed by atoms with Gasteiger partial charge in [-0.15, -0.1) is 0 Å². The Morgan fingerprint density at radius 1 is 0.825 bits per heavy atom. The second-order valence-corrected chi connectivity index (χ2v) is 8.95. The summed E-state index contributed by atoms with van der Waals surface area (Å²) in [5.41, 5.74) is 1.34. The smallest absolute Gasteiger partial charge is 0.262 e. The van der Waals surface area contributed by atoms with E-state index >= 15 is 0 Å². The van der Waals surface area contributed by atoms with E-state index in [-0.39, 0.29) is 11.6 Å². The molecule has 0 unspecified atom stereocenters. The number of benzene rings is 3. The molecule has 0 aliphatic heterocycles. The summed E-state index contributed by atoms with van der Waals surface area (Å²) in [4.78, 5) is 30.3. The fourth-order valence-corrected chi connectivity index (χ4v) is 3.68. The van der Waals surface area contributed by atoms with E-state index < -0.39 is 17.6 Å². The molecule has 0 aliphatic carbocycles. The first-order valence-electron chi connectivity index (χ1n) is 12.4. The third-order valence-electron chi connectivity index (χ3n) is 5.70. The number of methoxy groups -OCH3 is 2. The van der Waals surface area contributed by atoms with Gasteiger partial charge >= 0.3 is 0 Å². The molecule has 3 aromatic carbocycles. The van der Waals surface area contributed by atoms with Crippen LogP contribution in [-0.2, 0) is 9.59 Å². The highest BCUT2D eigenvalue weighted by molar-refractivity contribution is 6.26. The van der Waals surface area contributed by atoms with Gasteiger partial charge in [0, 0.05) is 41.3 Å². The Kier molecular flexibility index (Phi) is 8.80. The Labute approximate surface area is 231 Å². The minimum absolute atomic E-state index is 0.0109. The van der Waals surface area contributed by atoms with Gasteiger partial charge in [-0.2, -0.15) is 0 Å². The highest BCUT2D eigenvalue weighted by Crippen LogP contribution is 2.37. The van der Waals surface area contributed by atoms with E-state index in [9.17, 15) is 14.0 Å². The molecule has 0 saturated carbocycles. The number of carbonyl (C=O) groups excluding carboxylic acids is 2. The molecule has 0 saturated heterocycles. The van der Waals surface area contributed by atoms with E-state index in [2.05, 4.69) is 20.9 Å². The zero-order valence-electron chi connectivity index (χ0n) is 22.4. The number of fused-ring (bicyclic) bond motifs is 1. The first kappa shape index (κ1) is 27.9. The quantitative estimate of drug-likeness (QED) is 0.135. The molecule has 1 aromatic heterocycles. The first-order valence-corrected chi connectivity index (χ1v) is 12.4. The number of ether oxygens (including phenoxy) is 3. The van der Waals surface area contributed by atoms with Crippen molar-refractivity contribution in [1.29, 1.82) is 0 Å². The summed E-state index contributed by atoms with van der Waals surface area (Å²) in [5, 5.41) is 9.04. The van der Waals surface area contributed by atoms with Crippen molar-refractivity contribution in [3.05, 3.63) is 90.5 Å². The summed E-state index contributed by atoms with van der Waals surface area (Å²) in [6, 6.07) is 17.3. The second-order valence-electron chi connectivity index (χ2n) is 8.95. The molecule has 10 heteroatoms. The van der Waals surface area contributed by atoms with Crippen molar-refractivity contribution in [2.45, 2.75) is 19.9 Å². The van der Waals surface area contributed by atoms with Crippen LogP contribution in [0.4, 0.5) is 15.8 Å². The van der Waals surface area contributed by atoms with Gasteiger partial charge in [-0.05, 0) is 74.5 Å². The summed E-state index contributed by atoms with van der Waals surface area (Å²) in [6.45, 7) is 3.75. The standard InChI is InChI=1S/C30H29FN4O5/c1-18(2)33-17-24(29(36)34-20-7-5-19(31)6-8-20)30(37)35-21-9-11-22(12-10-21)40-26-13-14-32-25-16-28(39-4)27(38-3)15-23(25)26/h5-18,33H,1-4H3,(H,34,36)(H,35,37)/b24-17+. The number of aromatic nitrogens is 1. The van der Waals surface area contributed by atoms with Crippen LogP contribution in [0.15, 0.2) is 84.7 Å². The monoisotopic (exact) mass is 544 g/mol. The molecule has 3 N–H and O–H groups in total. The molecule has 0 fully saturated rings. The van der Waals surface area contributed by atoms with Gasteiger partial charge in [0.15, 0.2) is 11.5 Å². The number of carbonyl (C=O) groups is 2. The molecule has 1 heterocycles. The average molecular weight is 545 g/mol. The van der Waals surface area contributed by atoms with Crippen molar-refractivity contribution in [2.24, 2.45) is 0 Å². The fraction of sp³-hybridized carbons (Fsp3) is 0.167. The van der Waals surface area contributed by atoms with Crippen molar-refractivity contribution in [1.82, 2.24) is 10.3 Å². The number of hydrogen-bond donors (Lipinski definition) is 3. The van der Waals surface area contributed by atoms with Crippen molar-refractivity contribution < 1.29 is 28.2 Å². The summed E-state index contributed by atoms with van der Waals surface area (Å²) >= 11 is 0. The minimum atomic E-state index is -0.645. The summed E-state index contributed by atoms with van der Waals surface area (Å²) < 4.78 is 30.1. The van der Waals surface area contributed by atoms with Crippen molar-refractivity contribution >= 4 is 34.1 Å². The number of nitrogens with zero attached hydrogens (tertiary/aromatic N) is 1. The molecule has 4 rings (SSSR count). The molecule has 0 atom stereocenters. The maximum absolute atomic E-state index is 13.2. The zero-order valence-corrected chi connectivity index (χ0v) is 22.4. The van der Waals surface area contributed by atoms with Gasteiger partial charge in [-0.3, -0.25) is 14.6 Å². The molecule has 40 heavy (non-hydrogen) atoms. The van der Waals surface area contributed by atoms with Crippen LogP contribution in [0, 0.1) is 5.82 Å². The Hall–Kier alpha value is -5.12. The molecule has 2 amide bonds. The predicted octanol–water partition coefficient (Wildman–Crippen LogP) is 5.64. The van der Waals surface area contributed by atoms with E-state index in [0.29, 0.717) is 39.9 Å². The topological polar surface area (TPSA) is 111 Å². The van der Waals surface area contributed by atoms with Gasteiger partial charge in [0.05, 0.1) is 19.7 Å². The Morgan fingerprint density at radius 2 is 1.40 bits per heavy atom. The predicted molar refractivity (Wildman–Crippen MR) is 151 cm³/mol. The zero-order chi connectivity index (χ0) is 28.6. The largest absolute Gasteiger partial charge is 0.493 e. The number of anilines is 2. The summed E-state index contributed by atoms with van der Waals surface area (Å²) in [7, 11) is 3.11. The molecular weight excluding hydrogens is 515 g/mol. The van der Waals surface area contributed by atoms with Crippen LogP contribution in [0.1, 0.15) is 13.8 Å². The lowest BCUT2D eigenvalue weighted by molar-refractivity contribution is -0.118. The highest BCUT2D eigenvalue weighted by Gasteiger charge is 2.19. The van der Waals surface area contributed by atoms with Gasteiger partial charge in [0.25, 0.3) is 11.8 Å². The van der Waals surface area contributed by atoms with Gasteiger partial charge in [0.1, 0.15) is 22.9 Å². The maximum Gasteiger partial charge on any atom is 0.262 e. The van der Waals surface area contributed by atoms with Gasteiger partial charge < -0.3 is 30.2 Å². The Bertz CT molecular complexity index is 1540. The minimum Gasteiger partial charge on any atom is -0.493 e. The summed E-state index contributed by atoms with van der Waals surface area (Å²) in [6.07, 6.45) is 2.99. The maximum atomic E-state index is 13.2. The first-order chi connectivity index (χ1) is 19.3. The molecular formula is C30H29FN4O5. The van der Waals surface area contributed by atoms with E-state index in [1.807, 2.05) is 13.8 Å². The van der Waals surface area contributed by atoms with Gasteiger partial charge in [-0.1, -0.05) is 0 Å². The number of rotatable bonds is 10. The lowest BCUT2D eigenvalue weighted by Crippen LogP contribution is -2.28. The van der Waals surface area contributed by atoms with Crippen molar-refractivity contribution in [3.63, 3.8) is 0 Å². The molecule has 0 radical (unpaired) electrons. The van der Waals surface area contributed by atoms with Crippen LogP contribution in [0.3, 0.4) is 0 Å². The van der Waals surface area contributed by atoms with E-state index in [0.717, 1.165) is 5.39 Å². The third-order valence-corrected chi connectivity index (χ3v) is 5.70. The van der Waals surface area contributed by atoms with Gasteiger partial charge in [-0.25, -0.2) is 4.39 Å². The van der Waals surface area contributed by atoms with E-state index in [4.69, 9.17) is 14.2 Å². The molecule has 9 nitrogen and oxygen atoms in total. The molecule has 0 aliphatic rings. The van der Waals surface area contributed by atoms with Crippen LogP contribution >= 0.6 is 0 Å². The van der Waals surface area contributed by atoms with Crippen LogP contribution in [0.2, 0.25) is 0 Å². The van der Waals surface area contributed by atoms with Crippen LogP contribution in [0.5, 0.6) is 23.0 Å². The van der Waals surface area contributed by atoms with Crippen LogP contribution in [0.25, 0.3) is 10.9 Å². The SMILES string of the molecule is COc1cc2nccc(Oc3ccc(NC(=O)/C(=C/NC(C)C)C(=O)Nc4ccc(F)cc4)cc3)c2cc1OC. The lowest BCUT2D eigenvalue weighted by Gasteiger charge is -2.13. The second kappa shape index (κ2) is 12.6. The van der Waals surface area contributed by atoms with Crippen LogP contribution < -0.4 is 30.2 Å². The number of amides is 2. The number of hydrogen-bond acceptors (Lipinski definition) is 7. The van der Waals surface area contributed by atoms with Crippen molar-refractivity contribution in [3.8, 4) is 23.0 Å². The molecule has 206 valence electrons. The normalized spacial score (nSPS) is 11.2. The Balaban J connectivity index is 1.49. The Morgan fingerprint density at radius 3 is 1.98 bits per heavy atom. The molecule has 0 bridgehead atoms. The third kappa shape index (κ3) is 6.84. The van der Waals surface area contributed by atoms with E-state index in [1.54, 1.807) is 62.9 Å². The van der Waals surface area contributed by atoms with Gasteiger partial charge in [0.2, 0.25) is 0 Å².